The number of anilines is 1. The topological polar surface area (TPSA) is 66.6 Å². The van der Waals surface area contributed by atoms with Gasteiger partial charge in [-0.15, -0.1) is 0 Å². The fraction of sp³-hybridized carbons (Fsp3) is 0.455. The molecule has 7 heteroatoms. The third-order valence-electron chi connectivity index (χ3n) is 2.50. The van der Waals surface area contributed by atoms with Crippen molar-refractivity contribution < 1.29 is 18.8 Å². The Kier molecular flexibility index (Phi) is 4.96. The molecule has 0 spiro atoms. The lowest BCUT2D eigenvalue weighted by Gasteiger charge is -2.22. The lowest BCUT2D eigenvalue weighted by molar-refractivity contribution is -0.386. The molecule has 0 unspecified atom stereocenters. The van der Waals surface area contributed by atoms with Crippen LogP contribution in [0.1, 0.15) is 13.3 Å². The Balaban J connectivity index is 3.22. The molecule has 0 saturated carbocycles. The lowest BCUT2D eigenvalue weighted by atomic mass is 10.2. The minimum atomic E-state index is -1.20. The number of aliphatic hydroxyl groups excluding tert-OH is 1. The summed E-state index contributed by atoms with van der Waals surface area (Å²) in [6, 6.07) is 1.42. The summed E-state index contributed by atoms with van der Waals surface area (Å²) in [6.07, 6.45) is 0.364. The highest BCUT2D eigenvalue weighted by atomic mass is 19.1. The smallest absolute Gasteiger partial charge is 0.328 e. The van der Waals surface area contributed by atoms with E-state index in [0.717, 1.165) is 6.07 Å². The normalized spacial score (nSPS) is 10.4. The minimum Gasteiger partial charge on any atom is -0.396 e. The van der Waals surface area contributed by atoms with Crippen LogP contribution in [0.25, 0.3) is 0 Å². The van der Waals surface area contributed by atoms with E-state index in [0.29, 0.717) is 19.0 Å². The van der Waals surface area contributed by atoms with Crippen molar-refractivity contribution in [3.63, 3.8) is 0 Å². The first kappa shape index (κ1) is 14.3. The third-order valence-corrected chi connectivity index (χ3v) is 2.50. The molecule has 0 bridgehead atoms. The number of nitro groups is 1. The number of benzene rings is 1. The lowest BCUT2D eigenvalue weighted by Crippen LogP contribution is -2.26. The molecule has 0 atom stereocenters. The Morgan fingerprint density at radius 2 is 2.11 bits per heavy atom. The first-order chi connectivity index (χ1) is 8.51. The second-order valence-electron chi connectivity index (χ2n) is 3.67. The molecule has 1 aromatic carbocycles. The molecule has 0 fully saturated rings. The van der Waals surface area contributed by atoms with Crippen LogP contribution in [0.3, 0.4) is 0 Å². The van der Waals surface area contributed by atoms with E-state index in [-0.39, 0.29) is 18.8 Å². The second-order valence-corrected chi connectivity index (χ2v) is 3.67. The fourth-order valence-corrected chi connectivity index (χ4v) is 1.68. The van der Waals surface area contributed by atoms with Gasteiger partial charge in [0.15, 0.2) is 0 Å². The van der Waals surface area contributed by atoms with E-state index in [4.69, 9.17) is 5.11 Å². The molecular weight excluding hydrogens is 246 g/mol. The van der Waals surface area contributed by atoms with Gasteiger partial charge in [0.25, 0.3) is 0 Å². The fourth-order valence-electron chi connectivity index (χ4n) is 1.68. The first-order valence-corrected chi connectivity index (χ1v) is 5.50. The van der Waals surface area contributed by atoms with Gasteiger partial charge in [-0.1, -0.05) is 0 Å². The van der Waals surface area contributed by atoms with E-state index in [1.54, 1.807) is 6.92 Å². The maximum absolute atomic E-state index is 13.4. The van der Waals surface area contributed by atoms with Crippen molar-refractivity contribution in [3.05, 3.63) is 33.9 Å². The van der Waals surface area contributed by atoms with Crippen LogP contribution in [0.2, 0.25) is 0 Å². The number of hydrogen-bond donors (Lipinski definition) is 1. The summed E-state index contributed by atoms with van der Waals surface area (Å²) in [4.78, 5) is 11.4. The third kappa shape index (κ3) is 3.13. The summed E-state index contributed by atoms with van der Waals surface area (Å²) in [5.74, 6) is -2.06. The molecule has 0 radical (unpaired) electrons. The highest BCUT2D eigenvalue weighted by molar-refractivity contribution is 5.64. The van der Waals surface area contributed by atoms with Gasteiger partial charge in [0.1, 0.15) is 11.5 Å². The largest absolute Gasteiger partial charge is 0.396 e. The van der Waals surface area contributed by atoms with Gasteiger partial charge in [-0.05, 0) is 13.3 Å². The highest BCUT2D eigenvalue weighted by Gasteiger charge is 2.25. The number of nitro benzene ring substituents is 1. The second kappa shape index (κ2) is 6.25. The van der Waals surface area contributed by atoms with Crippen LogP contribution >= 0.6 is 0 Å². The maximum Gasteiger partial charge on any atom is 0.328 e. The van der Waals surface area contributed by atoms with Crippen molar-refractivity contribution >= 4 is 11.4 Å². The van der Waals surface area contributed by atoms with E-state index >= 15 is 0 Å². The predicted molar refractivity (Wildman–Crippen MR) is 62.6 cm³/mol. The van der Waals surface area contributed by atoms with Gasteiger partial charge in [-0.25, -0.2) is 4.39 Å². The van der Waals surface area contributed by atoms with Crippen molar-refractivity contribution in [1.82, 2.24) is 0 Å². The Morgan fingerprint density at radius 3 is 2.61 bits per heavy atom. The monoisotopic (exact) mass is 260 g/mol. The SMILES string of the molecule is CCN(CCCO)c1cc(F)cc(F)c1[N+](=O)[O-]. The molecule has 0 aliphatic rings. The van der Waals surface area contributed by atoms with Gasteiger partial charge in [-0.3, -0.25) is 10.1 Å². The standard InChI is InChI=1S/C11H14F2N2O3/c1-2-14(4-3-5-16)10-7-8(12)6-9(13)11(10)15(17)18/h6-7,16H,2-5H2,1H3. The van der Waals surface area contributed by atoms with E-state index in [1.165, 1.54) is 4.90 Å². The number of halogens is 2. The Labute approximate surface area is 103 Å². The zero-order chi connectivity index (χ0) is 13.7. The predicted octanol–water partition coefficient (Wildman–Crippen LogP) is 2.08. The van der Waals surface area contributed by atoms with Crippen molar-refractivity contribution in [3.8, 4) is 0 Å². The highest BCUT2D eigenvalue weighted by Crippen LogP contribution is 2.32. The van der Waals surface area contributed by atoms with Crippen molar-refractivity contribution in [2.45, 2.75) is 13.3 Å². The van der Waals surface area contributed by atoms with Gasteiger partial charge in [-0.2, -0.15) is 4.39 Å². The van der Waals surface area contributed by atoms with Crippen LogP contribution in [-0.2, 0) is 0 Å². The number of hydrogen-bond acceptors (Lipinski definition) is 4. The summed E-state index contributed by atoms with van der Waals surface area (Å²) in [7, 11) is 0. The summed E-state index contributed by atoms with van der Waals surface area (Å²) in [5.41, 5.74) is -0.843. The van der Waals surface area contributed by atoms with Gasteiger partial charge >= 0.3 is 5.69 Å². The van der Waals surface area contributed by atoms with Crippen LogP contribution in [0.5, 0.6) is 0 Å². The molecule has 1 rings (SSSR count). The number of rotatable bonds is 6. The Morgan fingerprint density at radius 1 is 1.44 bits per heavy atom. The maximum atomic E-state index is 13.4. The molecule has 1 N–H and O–H groups in total. The van der Waals surface area contributed by atoms with Crippen LogP contribution in [0.4, 0.5) is 20.2 Å². The Bertz CT molecular complexity index is 441. The van der Waals surface area contributed by atoms with Crippen molar-refractivity contribution in [2.24, 2.45) is 0 Å². The zero-order valence-electron chi connectivity index (χ0n) is 9.90. The quantitative estimate of drug-likeness (QED) is 0.628. The van der Waals surface area contributed by atoms with Crippen LogP contribution in [-0.4, -0.2) is 29.7 Å². The Hall–Kier alpha value is -1.76. The summed E-state index contributed by atoms with van der Waals surface area (Å²) in [5, 5.41) is 19.6. The van der Waals surface area contributed by atoms with Gasteiger partial charge in [0, 0.05) is 31.8 Å². The zero-order valence-corrected chi connectivity index (χ0v) is 9.90. The van der Waals surface area contributed by atoms with Crippen LogP contribution in [0, 0.1) is 21.7 Å². The first-order valence-electron chi connectivity index (χ1n) is 5.50. The summed E-state index contributed by atoms with van der Waals surface area (Å²) in [6.45, 7) is 2.26. The molecule has 5 nitrogen and oxygen atoms in total. The van der Waals surface area contributed by atoms with E-state index < -0.39 is 22.2 Å². The van der Waals surface area contributed by atoms with E-state index in [9.17, 15) is 18.9 Å². The van der Waals surface area contributed by atoms with Gasteiger partial charge in [0.05, 0.1) is 4.92 Å². The molecule has 0 aliphatic heterocycles. The van der Waals surface area contributed by atoms with Gasteiger partial charge in [0.2, 0.25) is 5.82 Å². The number of aliphatic hydroxyl groups is 1. The van der Waals surface area contributed by atoms with Crippen molar-refractivity contribution in [2.75, 3.05) is 24.6 Å². The van der Waals surface area contributed by atoms with Crippen LogP contribution in [0.15, 0.2) is 12.1 Å². The molecule has 1 aromatic rings. The average Bonchev–Trinajstić information content (AvgIpc) is 2.28. The van der Waals surface area contributed by atoms with E-state index in [2.05, 4.69) is 0 Å². The van der Waals surface area contributed by atoms with Crippen LogP contribution < -0.4 is 4.90 Å². The molecule has 0 saturated heterocycles. The van der Waals surface area contributed by atoms with Crippen molar-refractivity contribution in [1.29, 1.82) is 0 Å². The average molecular weight is 260 g/mol. The molecule has 0 amide bonds. The molecule has 0 aliphatic carbocycles. The molecular formula is C11H14F2N2O3. The minimum absolute atomic E-state index is 0.0951. The summed E-state index contributed by atoms with van der Waals surface area (Å²) >= 11 is 0. The van der Waals surface area contributed by atoms with E-state index in [1.807, 2.05) is 0 Å². The molecule has 100 valence electrons. The number of nitrogens with zero attached hydrogens (tertiary/aromatic N) is 2. The molecule has 0 heterocycles. The summed E-state index contributed by atoms with van der Waals surface area (Å²) < 4.78 is 26.6. The molecule has 18 heavy (non-hydrogen) atoms. The molecule has 0 aromatic heterocycles. The van der Waals surface area contributed by atoms with Gasteiger partial charge < -0.3 is 10.0 Å².